The van der Waals surface area contributed by atoms with Crippen LogP contribution in [0.5, 0.6) is 0 Å². The van der Waals surface area contributed by atoms with E-state index in [9.17, 15) is 8.42 Å². The number of halogens is 1. The molecule has 1 aliphatic heterocycles. The van der Waals surface area contributed by atoms with Gasteiger partial charge in [-0.15, -0.1) is 0 Å². The highest BCUT2D eigenvalue weighted by Crippen LogP contribution is 2.29. The Hall–Kier alpha value is -0.390. The van der Waals surface area contributed by atoms with Gasteiger partial charge in [0.1, 0.15) is 0 Å². The van der Waals surface area contributed by atoms with Crippen molar-refractivity contribution in [1.82, 2.24) is 4.31 Å². The molecule has 5 heteroatoms. The monoisotopic (exact) mass is 289 g/mol. The minimum Gasteiger partial charge on any atom is -0.207 e. The van der Waals surface area contributed by atoms with E-state index in [0.29, 0.717) is 16.8 Å². The van der Waals surface area contributed by atoms with Gasteiger partial charge in [-0.1, -0.05) is 33.6 Å². The normalized spacial score (nSPS) is 25.2. The number of hydrogen-bond acceptors (Lipinski definition) is 2. The van der Waals surface area contributed by atoms with E-state index in [0.717, 1.165) is 5.56 Å². The fourth-order valence-corrected chi connectivity index (χ4v) is 3.76. The third-order valence-electron chi connectivity index (χ3n) is 2.47. The van der Waals surface area contributed by atoms with Crippen LogP contribution in [0, 0.1) is 6.92 Å². The molecule has 0 aliphatic carbocycles. The van der Waals surface area contributed by atoms with Gasteiger partial charge in [0.2, 0.25) is 10.0 Å². The van der Waals surface area contributed by atoms with Crippen molar-refractivity contribution in [3.8, 4) is 0 Å². The van der Waals surface area contributed by atoms with E-state index >= 15 is 0 Å². The third-order valence-corrected chi connectivity index (χ3v) is 5.15. The Morgan fingerprint density at radius 3 is 2.47 bits per heavy atom. The summed E-state index contributed by atoms with van der Waals surface area (Å²) < 4.78 is 25.5. The van der Waals surface area contributed by atoms with E-state index < -0.39 is 10.0 Å². The number of hydrogen-bond donors (Lipinski definition) is 0. The van der Waals surface area contributed by atoms with Gasteiger partial charge in [-0.2, -0.15) is 4.31 Å². The molecule has 1 unspecified atom stereocenters. The maximum Gasteiger partial charge on any atom is 0.243 e. The second-order valence-corrected chi connectivity index (χ2v) is 6.23. The molecule has 2 rings (SSSR count). The van der Waals surface area contributed by atoms with Crippen LogP contribution in [0.3, 0.4) is 0 Å². The van der Waals surface area contributed by atoms with Gasteiger partial charge >= 0.3 is 0 Å². The molecule has 0 aromatic heterocycles. The summed E-state index contributed by atoms with van der Waals surface area (Å²) in [7, 11) is -3.24. The van der Waals surface area contributed by atoms with Crippen molar-refractivity contribution >= 4 is 26.0 Å². The summed E-state index contributed by atoms with van der Waals surface area (Å²) in [5, 5.41) is 0.706. The fourth-order valence-electron chi connectivity index (χ4n) is 1.43. The summed E-state index contributed by atoms with van der Waals surface area (Å²) in [5.74, 6) is 0. The number of benzene rings is 1. The number of aryl methyl sites for hydroxylation is 1. The van der Waals surface area contributed by atoms with Crippen LogP contribution in [0.1, 0.15) is 5.56 Å². The smallest absolute Gasteiger partial charge is 0.207 e. The Labute approximate surface area is 98.3 Å². The molecule has 1 heterocycles. The second kappa shape index (κ2) is 3.88. The quantitative estimate of drug-likeness (QED) is 0.628. The Morgan fingerprint density at radius 1 is 1.40 bits per heavy atom. The molecule has 0 amide bonds. The van der Waals surface area contributed by atoms with E-state index in [1.165, 1.54) is 4.31 Å². The van der Waals surface area contributed by atoms with Crippen molar-refractivity contribution in [2.24, 2.45) is 0 Å². The average molecular weight is 290 g/mol. The molecular formula is C10H12BrNO2S. The molecule has 0 N–H and O–H groups in total. The minimum atomic E-state index is -3.24. The van der Waals surface area contributed by atoms with E-state index in [-0.39, 0.29) is 6.04 Å². The summed E-state index contributed by atoms with van der Waals surface area (Å²) in [4.78, 5) is 0.386. The number of sulfonamides is 1. The highest BCUT2D eigenvalue weighted by Gasteiger charge is 2.43. The minimum absolute atomic E-state index is 0.135. The van der Waals surface area contributed by atoms with Crippen molar-refractivity contribution in [1.29, 1.82) is 0 Å². The van der Waals surface area contributed by atoms with Gasteiger partial charge in [0.05, 0.1) is 4.90 Å². The summed E-state index contributed by atoms with van der Waals surface area (Å²) in [5.41, 5.74) is 1.07. The molecule has 3 nitrogen and oxygen atoms in total. The topological polar surface area (TPSA) is 37.1 Å². The predicted molar refractivity (Wildman–Crippen MR) is 62.7 cm³/mol. The Morgan fingerprint density at radius 2 is 2.00 bits per heavy atom. The Balaban J connectivity index is 2.27. The van der Waals surface area contributed by atoms with Gasteiger partial charge in [-0.3, -0.25) is 0 Å². The zero-order valence-electron chi connectivity index (χ0n) is 8.35. The van der Waals surface area contributed by atoms with Gasteiger partial charge in [0, 0.05) is 17.9 Å². The number of nitrogens with zero attached hydrogens (tertiary/aromatic N) is 1. The average Bonchev–Trinajstić information content (AvgIpc) is 2.98. The Bertz CT molecular complexity index is 455. The summed E-state index contributed by atoms with van der Waals surface area (Å²) in [6, 6.07) is 7.10. The first-order chi connectivity index (χ1) is 7.05. The largest absolute Gasteiger partial charge is 0.243 e. The lowest BCUT2D eigenvalue weighted by molar-refractivity contribution is 0.556. The molecule has 1 aliphatic rings. The maximum atomic E-state index is 12.0. The first-order valence-electron chi connectivity index (χ1n) is 4.70. The van der Waals surface area contributed by atoms with Crippen LogP contribution < -0.4 is 0 Å². The van der Waals surface area contributed by atoms with Crippen LogP contribution in [-0.4, -0.2) is 30.6 Å². The highest BCUT2D eigenvalue weighted by atomic mass is 79.9. The lowest BCUT2D eigenvalue weighted by atomic mass is 10.2. The van der Waals surface area contributed by atoms with E-state index in [2.05, 4.69) is 15.9 Å². The molecule has 1 fully saturated rings. The highest BCUT2D eigenvalue weighted by molar-refractivity contribution is 9.09. The molecule has 1 aromatic carbocycles. The molecular weight excluding hydrogens is 278 g/mol. The molecule has 1 aromatic rings. The van der Waals surface area contributed by atoms with Crippen LogP contribution in [-0.2, 0) is 10.0 Å². The zero-order chi connectivity index (χ0) is 11.1. The molecule has 0 spiro atoms. The van der Waals surface area contributed by atoms with Crippen LogP contribution >= 0.6 is 15.9 Å². The van der Waals surface area contributed by atoms with Crippen LogP contribution in [0.4, 0.5) is 0 Å². The summed E-state index contributed by atoms with van der Waals surface area (Å²) in [6.07, 6.45) is 0. The SMILES string of the molecule is Cc1ccc(S(=O)(=O)N2C[C@H]2CBr)cc1. The van der Waals surface area contributed by atoms with E-state index in [1.807, 2.05) is 19.1 Å². The second-order valence-electron chi connectivity index (χ2n) is 3.70. The van der Waals surface area contributed by atoms with Crippen molar-refractivity contribution in [2.45, 2.75) is 17.9 Å². The number of alkyl halides is 1. The van der Waals surface area contributed by atoms with Gasteiger partial charge in [-0.05, 0) is 19.1 Å². The zero-order valence-corrected chi connectivity index (χ0v) is 10.8. The van der Waals surface area contributed by atoms with E-state index in [1.54, 1.807) is 12.1 Å². The number of rotatable bonds is 3. The van der Waals surface area contributed by atoms with Crippen molar-refractivity contribution < 1.29 is 8.42 Å². The summed E-state index contributed by atoms with van der Waals surface area (Å²) in [6.45, 7) is 2.57. The van der Waals surface area contributed by atoms with Crippen LogP contribution in [0.2, 0.25) is 0 Å². The van der Waals surface area contributed by atoms with Gasteiger partial charge in [0.15, 0.2) is 0 Å². The lowest BCUT2D eigenvalue weighted by Gasteiger charge is -2.05. The van der Waals surface area contributed by atoms with Crippen molar-refractivity contribution in [3.05, 3.63) is 29.8 Å². The molecule has 82 valence electrons. The first kappa shape index (κ1) is 11.1. The fraction of sp³-hybridized carbons (Fsp3) is 0.400. The lowest BCUT2D eigenvalue weighted by Crippen LogP contribution is -2.15. The molecule has 0 radical (unpaired) electrons. The molecule has 2 atom stereocenters. The van der Waals surface area contributed by atoms with Crippen molar-refractivity contribution in [3.63, 3.8) is 0 Å². The molecule has 0 saturated carbocycles. The van der Waals surface area contributed by atoms with Crippen LogP contribution in [0.25, 0.3) is 0 Å². The van der Waals surface area contributed by atoms with Crippen LogP contribution in [0.15, 0.2) is 29.2 Å². The standard InChI is InChI=1S/C10H12BrNO2S/c1-8-2-4-10(5-3-8)15(13,14)12-7-9(12)6-11/h2-5,9H,6-7H2,1H3/t9-,12?/m1/s1. The van der Waals surface area contributed by atoms with Gasteiger partial charge in [0.25, 0.3) is 0 Å². The first-order valence-corrected chi connectivity index (χ1v) is 7.26. The van der Waals surface area contributed by atoms with Gasteiger partial charge in [-0.25, -0.2) is 8.42 Å². The Kier molecular flexibility index (Phi) is 2.87. The molecule has 0 bridgehead atoms. The summed E-state index contributed by atoms with van der Waals surface area (Å²) >= 11 is 3.29. The van der Waals surface area contributed by atoms with Crippen molar-refractivity contribution in [2.75, 3.05) is 11.9 Å². The predicted octanol–water partition coefficient (Wildman–Crippen LogP) is 1.76. The molecule has 15 heavy (non-hydrogen) atoms. The maximum absolute atomic E-state index is 12.0. The molecule has 1 saturated heterocycles. The van der Waals surface area contributed by atoms with Gasteiger partial charge < -0.3 is 0 Å². The van der Waals surface area contributed by atoms with E-state index in [4.69, 9.17) is 0 Å². The third kappa shape index (κ3) is 2.09.